The molecule has 3 aromatic rings. The fourth-order valence-corrected chi connectivity index (χ4v) is 11.3. The molecular weight excluding hydrogens is 343 g/mol. The van der Waals surface area contributed by atoms with Crippen molar-refractivity contribution in [2.45, 2.75) is 50.8 Å². The van der Waals surface area contributed by atoms with Crippen LogP contribution < -0.4 is 10.6 Å². The maximum absolute atomic E-state index is 2.46. The molecule has 2 unspecified atom stereocenters. The fraction of sp³-hybridized carbons (Fsp3) is 0.308. The van der Waals surface area contributed by atoms with Gasteiger partial charge in [0.2, 0.25) is 0 Å². The Morgan fingerprint density at radius 1 is 0.741 bits per heavy atom. The van der Waals surface area contributed by atoms with Crippen molar-refractivity contribution in [3.8, 4) is 0 Å². The van der Waals surface area contributed by atoms with Gasteiger partial charge in [-0.25, -0.2) is 0 Å². The zero-order valence-electron chi connectivity index (χ0n) is 16.4. The molecule has 0 N–H and O–H groups in total. The summed E-state index contributed by atoms with van der Waals surface area (Å²) in [6.45, 7) is 4.63. The minimum atomic E-state index is -1.48. The van der Waals surface area contributed by atoms with Crippen molar-refractivity contribution in [2.24, 2.45) is 0 Å². The van der Waals surface area contributed by atoms with Crippen molar-refractivity contribution in [3.05, 3.63) is 95.1 Å². The zero-order chi connectivity index (χ0) is 18.4. The highest BCUT2D eigenvalue weighted by Crippen LogP contribution is 2.73. The van der Waals surface area contributed by atoms with Gasteiger partial charge in [-0.3, -0.25) is 0 Å². The Balaban J connectivity index is 1.82. The van der Waals surface area contributed by atoms with Crippen LogP contribution in [0.15, 0.2) is 72.8 Å². The first-order valence-corrected chi connectivity index (χ1v) is 12.3. The van der Waals surface area contributed by atoms with Crippen molar-refractivity contribution in [1.82, 2.24) is 0 Å². The quantitative estimate of drug-likeness (QED) is 0.476. The summed E-state index contributed by atoms with van der Waals surface area (Å²) in [5.74, 6) is 0.738. The minimum absolute atomic E-state index is 0.738. The lowest BCUT2D eigenvalue weighted by Crippen LogP contribution is -2.37. The Kier molecular flexibility index (Phi) is 4.21. The molecule has 0 saturated heterocycles. The molecule has 2 aliphatic rings. The monoisotopic (exact) mass is 371 g/mol. The van der Waals surface area contributed by atoms with Crippen molar-refractivity contribution >= 4 is 17.9 Å². The van der Waals surface area contributed by atoms with E-state index in [1.54, 1.807) is 21.7 Å². The SMILES string of the molecule is Cc1ccc2c(c1C)C[P+](c1ccccc1)(c1ccccc1)C1CCCC21. The molecule has 136 valence electrons. The van der Waals surface area contributed by atoms with E-state index in [-0.39, 0.29) is 0 Å². The van der Waals surface area contributed by atoms with Gasteiger partial charge < -0.3 is 0 Å². The van der Waals surface area contributed by atoms with E-state index >= 15 is 0 Å². The maximum atomic E-state index is 2.46. The summed E-state index contributed by atoms with van der Waals surface area (Å²) in [7, 11) is -1.48. The van der Waals surface area contributed by atoms with Gasteiger partial charge >= 0.3 is 0 Å². The van der Waals surface area contributed by atoms with E-state index in [9.17, 15) is 0 Å². The molecule has 0 bridgehead atoms. The van der Waals surface area contributed by atoms with Crippen LogP contribution in [0.2, 0.25) is 0 Å². The van der Waals surface area contributed by atoms with Gasteiger partial charge in [-0.15, -0.1) is 0 Å². The summed E-state index contributed by atoms with van der Waals surface area (Å²) in [4.78, 5) is 0. The number of fused-ring (bicyclic) bond motifs is 3. The van der Waals surface area contributed by atoms with Crippen molar-refractivity contribution in [2.75, 3.05) is 0 Å². The Labute approximate surface area is 164 Å². The molecule has 0 spiro atoms. The van der Waals surface area contributed by atoms with Crippen LogP contribution in [0.1, 0.15) is 47.4 Å². The Morgan fingerprint density at radius 2 is 1.37 bits per heavy atom. The topological polar surface area (TPSA) is 0 Å². The van der Waals surface area contributed by atoms with E-state index in [0.717, 1.165) is 11.6 Å². The summed E-state index contributed by atoms with van der Waals surface area (Å²) in [6.07, 6.45) is 5.37. The lowest BCUT2D eigenvalue weighted by molar-refractivity contribution is 0.705. The average molecular weight is 371 g/mol. The van der Waals surface area contributed by atoms with Crippen molar-refractivity contribution < 1.29 is 0 Å². The highest BCUT2D eigenvalue weighted by Gasteiger charge is 2.58. The number of hydrogen-bond acceptors (Lipinski definition) is 0. The van der Waals surface area contributed by atoms with Crippen LogP contribution in [0.4, 0.5) is 0 Å². The molecule has 1 heterocycles. The third kappa shape index (κ3) is 2.54. The van der Waals surface area contributed by atoms with Gasteiger partial charge in [0.25, 0.3) is 0 Å². The summed E-state index contributed by atoms with van der Waals surface area (Å²) in [5.41, 5.74) is 7.12. The number of benzene rings is 3. The highest BCUT2D eigenvalue weighted by atomic mass is 31.2. The molecule has 1 aliphatic carbocycles. The summed E-state index contributed by atoms with van der Waals surface area (Å²) < 4.78 is 0. The van der Waals surface area contributed by atoms with Gasteiger partial charge in [0.1, 0.15) is 0 Å². The van der Waals surface area contributed by atoms with Gasteiger partial charge in [-0.2, -0.15) is 0 Å². The van der Waals surface area contributed by atoms with Crippen molar-refractivity contribution in [1.29, 1.82) is 0 Å². The summed E-state index contributed by atoms with van der Waals surface area (Å²) in [6, 6.07) is 27.9. The summed E-state index contributed by atoms with van der Waals surface area (Å²) >= 11 is 0. The lowest BCUT2D eigenvalue weighted by Gasteiger charge is -2.41. The van der Waals surface area contributed by atoms with E-state index in [2.05, 4.69) is 86.6 Å². The second kappa shape index (κ2) is 6.61. The lowest BCUT2D eigenvalue weighted by atomic mass is 9.88. The van der Waals surface area contributed by atoms with Crippen LogP contribution in [-0.4, -0.2) is 5.66 Å². The van der Waals surface area contributed by atoms with Gasteiger partial charge in [-0.05, 0) is 79.6 Å². The van der Waals surface area contributed by atoms with E-state index in [0.29, 0.717) is 0 Å². The van der Waals surface area contributed by atoms with Crippen LogP contribution in [0, 0.1) is 13.8 Å². The van der Waals surface area contributed by atoms with E-state index in [1.165, 1.54) is 36.6 Å². The van der Waals surface area contributed by atoms with Crippen LogP contribution >= 0.6 is 7.26 Å². The third-order valence-corrected chi connectivity index (χ3v) is 12.2. The average Bonchev–Trinajstić information content (AvgIpc) is 3.22. The predicted octanol–water partition coefficient (Wildman–Crippen LogP) is 6.12. The first-order chi connectivity index (χ1) is 13.2. The normalized spacial score (nSPS) is 22.9. The van der Waals surface area contributed by atoms with Crippen LogP contribution in [0.25, 0.3) is 0 Å². The van der Waals surface area contributed by atoms with Gasteiger partial charge in [0, 0.05) is 5.92 Å². The first-order valence-electron chi connectivity index (χ1n) is 10.3. The molecule has 0 nitrogen and oxygen atoms in total. The van der Waals surface area contributed by atoms with Crippen LogP contribution in [-0.2, 0) is 6.16 Å². The number of hydrogen-bond donors (Lipinski definition) is 0. The second-order valence-corrected chi connectivity index (χ2v) is 12.1. The molecule has 1 heteroatoms. The highest BCUT2D eigenvalue weighted by molar-refractivity contribution is 7.89. The molecule has 27 heavy (non-hydrogen) atoms. The Bertz CT molecular complexity index is 919. The number of aryl methyl sites for hydroxylation is 1. The van der Waals surface area contributed by atoms with Gasteiger partial charge in [-0.1, -0.05) is 48.5 Å². The molecule has 0 aromatic heterocycles. The van der Waals surface area contributed by atoms with E-state index in [1.807, 2.05) is 0 Å². The Morgan fingerprint density at radius 3 is 2.00 bits per heavy atom. The van der Waals surface area contributed by atoms with E-state index < -0.39 is 7.26 Å². The zero-order valence-corrected chi connectivity index (χ0v) is 17.3. The molecule has 1 saturated carbocycles. The molecule has 5 rings (SSSR count). The molecule has 1 aliphatic heterocycles. The van der Waals surface area contributed by atoms with Gasteiger partial charge in [0.05, 0.1) is 29.7 Å². The van der Waals surface area contributed by atoms with E-state index in [4.69, 9.17) is 0 Å². The molecule has 3 aromatic carbocycles. The minimum Gasteiger partial charge on any atom is -0.0620 e. The van der Waals surface area contributed by atoms with Crippen molar-refractivity contribution in [3.63, 3.8) is 0 Å². The molecule has 1 fully saturated rings. The largest absolute Gasteiger partial charge is 0.0998 e. The number of rotatable bonds is 2. The van der Waals surface area contributed by atoms with Crippen LogP contribution in [0.5, 0.6) is 0 Å². The first kappa shape index (κ1) is 17.2. The molecule has 0 radical (unpaired) electrons. The smallest absolute Gasteiger partial charge is 0.0620 e. The molecule has 2 atom stereocenters. The van der Waals surface area contributed by atoms with Crippen LogP contribution in [0.3, 0.4) is 0 Å². The second-order valence-electron chi connectivity index (χ2n) is 8.38. The predicted molar refractivity (Wildman–Crippen MR) is 119 cm³/mol. The molecule has 0 amide bonds. The summed E-state index contributed by atoms with van der Waals surface area (Å²) in [5, 5.41) is 3.22. The standard InChI is InChI=1S/C26H28P/c1-19-16-17-23-24-14-9-15-26(24)27(18-25(23)20(19)2,21-10-5-3-6-11-21)22-12-7-4-8-13-22/h3-8,10-13,16-17,24,26H,9,14-15,18H2,1-2H3/q+1. The maximum Gasteiger partial charge on any atom is 0.0998 e. The fourth-order valence-electron chi connectivity index (χ4n) is 5.75. The Hall–Kier alpha value is -1.91. The molecular formula is C26H28P+. The third-order valence-electron chi connectivity index (χ3n) is 7.19. The van der Waals surface area contributed by atoms with Gasteiger partial charge in [0.15, 0.2) is 0 Å².